The summed E-state index contributed by atoms with van der Waals surface area (Å²) < 4.78 is 54.0. The molecule has 3 rings (SSSR count). The van der Waals surface area contributed by atoms with Crippen LogP contribution >= 0.6 is 0 Å². The Hall–Kier alpha value is -3.77. The van der Waals surface area contributed by atoms with Gasteiger partial charge in [0, 0.05) is 35.8 Å². The number of benzene rings is 2. The molecular weight excluding hydrogens is 471 g/mol. The number of nitrogens with one attached hydrogen (secondary N) is 1. The zero-order valence-electron chi connectivity index (χ0n) is 18.2. The second kappa shape index (κ2) is 10.4. The molecule has 0 spiro atoms. The molecule has 12 heteroatoms. The van der Waals surface area contributed by atoms with Crippen molar-refractivity contribution >= 4 is 38.7 Å². The van der Waals surface area contributed by atoms with Gasteiger partial charge in [-0.2, -0.15) is 4.31 Å². The first kappa shape index (κ1) is 24.9. The van der Waals surface area contributed by atoms with Crippen LogP contribution in [-0.4, -0.2) is 45.0 Å². The van der Waals surface area contributed by atoms with Crippen LogP contribution in [0, 0.1) is 5.82 Å². The summed E-state index contributed by atoms with van der Waals surface area (Å²) in [6.45, 7) is 0.912. The Kier molecular flexibility index (Phi) is 7.64. The third kappa shape index (κ3) is 5.97. The molecule has 0 bridgehead atoms. The minimum atomic E-state index is -4.04. The summed E-state index contributed by atoms with van der Waals surface area (Å²) in [6.07, 6.45) is -0.672. The van der Waals surface area contributed by atoms with E-state index in [1.54, 1.807) is 19.1 Å². The topological polar surface area (TPSA) is 132 Å². The van der Waals surface area contributed by atoms with Crippen molar-refractivity contribution in [2.75, 3.05) is 25.5 Å². The number of likely N-dealkylation sites (N-methyl/N-ethyl adjacent to an activating group) is 1. The standard InChI is InChI=1S/C22H21FN2O8S/c1-3-31-22(28)24-16-6-9-18-14(10-20(26)33-19(18)11-16)13-32-21(27)12-25(2)34(29,30)17-7-4-15(23)5-8-17/h4-11H,3,12-13H2,1-2H3,(H,24,28). The Morgan fingerprint density at radius 3 is 2.47 bits per heavy atom. The van der Waals surface area contributed by atoms with Crippen molar-refractivity contribution in [2.24, 2.45) is 0 Å². The SMILES string of the molecule is CCOC(=O)Nc1ccc2c(COC(=O)CN(C)S(=O)(=O)c3ccc(F)cc3)cc(=O)oc2c1. The Morgan fingerprint density at radius 2 is 1.79 bits per heavy atom. The summed E-state index contributed by atoms with van der Waals surface area (Å²) in [5.74, 6) is -1.46. The molecule has 180 valence electrons. The fourth-order valence-corrected chi connectivity index (χ4v) is 4.08. The zero-order valence-corrected chi connectivity index (χ0v) is 19.1. The molecule has 1 amide bonds. The highest BCUT2D eigenvalue weighted by molar-refractivity contribution is 7.89. The van der Waals surface area contributed by atoms with Gasteiger partial charge in [0.2, 0.25) is 10.0 Å². The lowest BCUT2D eigenvalue weighted by atomic mass is 10.1. The van der Waals surface area contributed by atoms with Crippen LogP contribution in [0.2, 0.25) is 0 Å². The van der Waals surface area contributed by atoms with Gasteiger partial charge in [-0.15, -0.1) is 0 Å². The Bertz CT molecular complexity index is 1370. The molecule has 0 saturated heterocycles. The van der Waals surface area contributed by atoms with Gasteiger partial charge >= 0.3 is 17.7 Å². The number of anilines is 1. The zero-order chi connectivity index (χ0) is 24.9. The minimum Gasteiger partial charge on any atom is -0.460 e. The third-order valence-electron chi connectivity index (χ3n) is 4.61. The van der Waals surface area contributed by atoms with Gasteiger partial charge in [0.25, 0.3) is 0 Å². The lowest BCUT2D eigenvalue weighted by molar-refractivity contribution is -0.144. The maximum atomic E-state index is 13.1. The highest BCUT2D eigenvalue weighted by Crippen LogP contribution is 2.22. The maximum absolute atomic E-state index is 13.1. The van der Waals surface area contributed by atoms with Gasteiger partial charge in [-0.1, -0.05) is 0 Å². The predicted octanol–water partition coefficient (Wildman–Crippen LogP) is 2.86. The van der Waals surface area contributed by atoms with Crippen LogP contribution in [0.1, 0.15) is 12.5 Å². The first-order valence-corrected chi connectivity index (χ1v) is 11.4. The van der Waals surface area contributed by atoms with Crippen molar-refractivity contribution in [3.8, 4) is 0 Å². The number of nitrogens with zero attached hydrogens (tertiary/aromatic N) is 1. The molecular formula is C22H21FN2O8S. The summed E-state index contributed by atoms with van der Waals surface area (Å²) in [5.41, 5.74) is 0.0916. The van der Waals surface area contributed by atoms with Crippen LogP contribution in [0.5, 0.6) is 0 Å². The average Bonchev–Trinajstić information content (AvgIpc) is 2.77. The summed E-state index contributed by atoms with van der Waals surface area (Å²) in [7, 11) is -2.85. The second-order valence-electron chi connectivity index (χ2n) is 7.02. The Balaban J connectivity index is 1.70. The van der Waals surface area contributed by atoms with Gasteiger partial charge in [0.05, 0.1) is 11.5 Å². The smallest absolute Gasteiger partial charge is 0.411 e. The molecule has 3 aromatic rings. The highest BCUT2D eigenvalue weighted by atomic mass is 32.2. The number of esters is 1. The fourth-order valence-electron chi connectivity index (χ4n) is 2.97. The monoisotopic (exact) mass is 492 g/mol. The number of fused-ring (bicyclic) bond motifs is 1. The molecule has 0 saturated carbocycles. The summed E-state index contributed by atoms with van der Waals surface area (Å²) in [6, 6.07) is 9.86. The number of rotatable bonds is 8. The largest absolute Gasteiger partial charge is 0.460 e. The van der Waals surface area contributed by atoms with Crippen LogP contribution in [-0.2, 0) is 30.9 Å². The first-order chi connectivity index (χ1) is 16.1. The second-order valence-corrected chi connectivity index (χ2v) is 9.07. The number of hydrogen-bond acceptors (Lipinski definition) is 8. The molecule has 0 fully saturated rings. The van der Waals surface area contributed by atoms with Crippen LogP contribution in [0.25, 0.3) is 11.0 Å². The van der Waals surface area contributed by atoms with Crippen molar-refractivity contribution in [2.45, 2.75) is 18.4 Å². The van der Waals surface area contributed by atoms with E-state index in [0.29, 0.717) is 16.6 Å². The molecule has 1 heterocycles. The van der Waals surface area contributed by atoms with Crippen molar-refractivity contribution in [1.82, 2.24) is 4.31 Å². The van der Waals surface area contributed by atoms with Crippen LogP contribution in [0.4, 0.5) is 14.9 Å². The summed E-state index contributed by atoms with van der Waals surface area (Å²) >= 11 is 0. The van der Waals surface area contributed by atoms with Crippen LogP contribution in [0.3, 0.4) is 0 Å². The van der Waals surface area contributed by atoms with Crippen LogP contribution < -0.4 is 10.9 Å². The number of sulfonamides is 1. The highest BCUT2D eigenvalue weighted by Gasteiger charge is 2.24. The van der Waals surface area contributed by atoms with Gasteiger partial charge < -0.3 is 13.9 Å². The predicted molar refractivity (Wildman–Crippen MR) is 119 cm³/mol. The molecule has 0 aliphatic rings. The van der Waals surface area contributed by atoms with E-state index >= 15 is 0 Å². The van der Waals surface area contributed by atoms with Gasteiger partial charge in [0.15, 0.2) is 0 Å². The quantitative estimate of drug-likeness (QED) is 0.375. The van der Waals surface area contributed by atoms with Gasteiger partial charge in [-0.3, -0.25) is 10.1 Å². The van der Waals surface area contributed by atoms with E-state index in [0.717, 1.165) is 34.6 Å². The number of carbonyl (C=O) groups is 2. The lowest BCUT2D eigenvalue weighted by Crippen LogP contribution is -2.33. The molecule has 0 unspecified atom stereocenters. The van der Waals surface area contributed by atoms with E-state index < -0.39 is 40.1 Å². The summed E-state index contributed by atoms with van der Waals surface area (Å²) in [4.78, 5) is 35.6. The van der Waals surface area contributed by atoms with Gasteiger partial charge in [0.1, 0.15) is 24.6 Å². The van der Waals surface area contributed by atoms with E-state index in [1.807, 2.05) is 0 Å². The van der Waals surface area contributed by atoms with Gasteiger partial charge in [-0.25, -0.2) is 22.4 Å². The van der Waals surface area contributed by atoms with Crippen LogP contribution in [0.15, 0.2) is 62.6 Å². The number of carbonyl (C=O) groups excluding carboxylic acids is 2. The van der Waals surface area contributed by atoms with Crippen molar-refractivity contribution in [3.05, 3.63) is 70.3 Å². The van der Waals surface area contributed by atoms with E-state index in [-0.39, 0.29) is 23.7 Å². The molecule has 0 radical (unpaired) electrons. The van der Waals surface area contributed by atoms with E-state index in [1.165, 1.54) is 13.1 Å². The van der Waals surface area contributed by atoms with E-state index in [2.05, 4.69) is 5.32 Å². The third-order valence-corrected chi connectivity index (χ3v) is 6.43. The Morgan fingerprint density at radius 1 is 1.09 bits per heavy atom. The lowest BCUT2D eigenvalue weighted by Gasteiger charge is -2.16. The maximum Gasteiger partial charge on any atom is 0.411 e. The van der Waals surface area contributed by atoms with Gasteiger partial charge in [-0.05, 0) is 43.3 Å². The molecule has 2 aromatic carbocycles. The molecule has 0 aliphatic heterocycles. The molecule has 1 aromatic heterocycles. The summed E-state index contributed by atoms with van der Waals surface area (Å²) in [5, 5.41) is 2.94. The van der Waals surface area contributed by atoms with Crippen molar-refractivity contribution < 1.29 is 36.3 Å². The molecule has 34 heavy (non-hydrogen) atoms. The number of ether oxygens (including phenoxy) is 2. The fraction of sp³-hybridized carbons (Fsp3) is 0.227. The average molecular weight is 492 g/mol. The minimum absolute atomic E-state index is 0.142. The van der Waals surface area contributed by atoms with E-state index in [4.69, 9.17) is 13.9 Å². The van der Waals surface area contributed by atoms with Crippen molar-refractivity contribution in [3.63, 3.8) is 0 Å². The number of hydrogen-bond donors (Lipinski definition) is 1. The Labute approximate surface area is 193 Å². The molecule has 0 atom stereocenters. The van der Waals surface area contributed by atoms with Crippen molar-refractivity contribution in [1.29, 1.82) is 0 Å². The number of halogens is 1. The first-order valence-electron chi connectivity index (χ1n) is 9.98. The molecule has 10 nitrogen and oxygen atoms in total. The molecule has 1 N–H and O–H groups in total. The normalized spacial score (nSPS) is 11.4. The molecule has 0 aliphatic carbocycles. The van der Waals surface area contributed by atoms with E-state index in [9.17, 15) is 27.2 Å². The number of amides is 1.